The predicted octanol–water partition coefficient (Wildman–Crippen LogP) is 6.52. The van der Waals surface area contributed by atoms with Gasteiger partial charge in [0.2, 0.25) is 0 Å². The van der Waals surface area contributed by atoms with Crippen LogP contribution in [0.5, 0.6) is 0 Å². The lowest BCUT2D eigenvalue weighted by Gasteiger charge is -2.21. The summed E-state index contributed by atoms with van der Waals surface area (Å²) in [4.78, 5) is 0. The van der Waals surface area contributed by atoms with Gasteiger partial charge in [0.15, 0.2) is 0 Å². The zero-order chi connectivity index (χ0) is 18.3. The number of rotatable bonds is 2. The highest BCUT2D eigenvalue weighted by Crippen LogP contribution is 2.42. The van der Waals surface area contributed by atoms with E-state index in [-0.39, 0.29) is 23.2 Å². The summed E-state index contributed by atoms with van der Waals surface area (Å²) >= 11 is 5.54. The van der Waals surface area contributed by atoms with Gasteiger partial charge in [-0.25, -0.2) is 0 Å². The Bertz CT molecular complexity index is 696. The summed E-state index contributed by atoms with van der Waals surface area (Å²) in [7, 11) is 0. The highest BCUT2D eigenvalue weighted by Gasteiger charge is 2.41. The molecule has 2 aromatic carbocycles. The minimum absolute atomic E-state index is 0.00382. The van der Waals surface area contributed by atoms with E-state index in [1.165, 1.54) is 0 Å². The number of benzene rings is 2. The van der Waals surface area contributed by atoms with E-state index in [4.69, 9.17) is 11.6 Å². The Balaban J connectivity index is 2.65. The summed E-state index contributed by atoms with van der Waals surface area (Å²) in [6, 6.07) is 3.58. The topological polar surface area (TPSA) is 0 Å². The lowest BCUT2D eigenvalue weighted by molar-refractivity contribution is -0.143. The summed E-state index contributed by atoms with van der Waals surface area (Å²) in [5, 5.41) is 0.0922. The molecule has 0 radical (unpaired) electrons. The molecule has 0 saturated heterocycles. The monoisotopic (exact) mass is 374 g/mol. The molecule has 0 amide bonds. The molecule has 0 fully saturated rings. The molecule has 9 heteroatoms. The van der Waals surface area contributed by atoms with Crippen molar-refractivity contribution in [2.75, 3.05) is 0 Å². The molecule has 24 heavy (non-hydrogen) atoms. The second-order valence-corrected chi connectivity index (χ2v) is 5.31. The van der Waals surface area contributed by atoms with Crippen molar-refractivity contribution in [2.45, 2.75) is 18.3 Å². The second kappa shape index (κ2) is 5.91. The van der Waals surface area contributed by atoms with Gasteiger partial charge in [0.1, 0.15) is 0 Å². The quantitative estimate of drug-likeness (QED) is 0.525. The molecule has 0 saturated carbocycles. The van der Waals surface area contributed by atoms with Crippen LogP contribution in [0.2, 0.25) is 5.02 Å². The summed E-state index contributed by atoms with van der Waals surface area (Å²) in [5.74, 6) is -4.06. The summed E-state index contributed by atoms with van der Waals surface area (Å²) in [5.41, 5.74) is -5.80. The van der Waals surface area contributed by atoms with E-state index in [0.717, 1.165) is 24.3 Å². The first kappa shape index (κ1) is 18.5. The molecule has 0 aliphatic rings. The minimum atomic E-state index is -5.20. The van der Waals surface area contributed by atoms with Crippen molar-refractivity contribution in [3.8, 4) is 0 Å². The van der Waals surface area contributed by atoms with E-state index < -0.39 is 40.5 Å². The van der Waals surface area contributed by atoms with Gasteiger partial charge in [-0.15, -0.1) is 0 Å². The van der Waals surface area contributed by atoms with E-state index >= 15 is 0 Å². The first-order valence-corrected chi connectivity index (χ1v) is 6.63. The Kier molecular flexibility index (Phi) is 4.56. The molecule has 0 spiro atoms. The van der Waals surface area contributed by atoms with Gasteiger partial charge in [-0.05, 0) is 30.3 Å². The maximum absolute atomic E-state index is 14.4. The van der Waals surface area contributed by atoms with E-state index in [1.54, 1.807) is 0 Å². The summed E-state index contributed by atoms with van der Waals surface area (Å²) < 4.78 is 105. The zero-order valence-electron chi connectivity index (χ0n) is 11.4. The summed E-state index contributed by atoms with van der Waals surface area (Å²) in [6.45, 7) is 0. The molecule has 0 unspecified atom stereocenters. The third-order valence-corrected chi connectivity index (χ3v) is 3.41. The van der Waals surface area contributed by atoms with Gasteiger partial charge < -0.3 is 0 Å². The average molecular weight is 375 g/mol. The van der Waals surface area contributed by atoms with Crippen LogP contribution in [0.15, 0.2) is 42.5 Å². The Morgan fingerprint density at radius 2 is 0.917 bits per heavy atom. The van der Waals surface area contributed by atoms with Gasteiger partial charge in [0, 0.05) is 16.1 Å². The van der Waals surface area contributed by atoms with Crippen molar-refractivity contribution in [2.24, 2.45) is 0 Å². The van der Waals surface area contributed by atoms with Crippen molar-refractivity contribution in [3.05, 3.63) is 69.7 Å². The average Bonchev–Trinajstić information content (AvgIpc) is 2.45. The number of hydrogen-bond donors (Lipinski definition) is 0. The van der Waals surface area contributed by atoms with Crippen molar-refractivity contribution in [3.63, 3.8) is 0 Å². The van der Waals surface area contributed by atoms with Crippen LogP contribution in [-0.2, 0) is 18.3 Å². The SMILES string of the molecule is FC(F)(F)c1cc(C(F)(F)F)cc(C(F)(F)c2ccc(Cl)cc2)c1. The highest BCUT2D eigenvalue weighted by molar-refractivity contribution is 6.30. The van der Waals surface area contributed by atoms with Crippen LogP contribution in [0.25, 0.3) is 0 Å². The number of hydrogen-bond acceptors (Lipinski definition) is 0. The smallest absolute Gasteiger partial charge is 0.196 e. The normalized spacial score (nSPS) is 13.2. The summed E-state index contributed by atoms with van der Waals surface area (Å²) in [6.07, 6.45) is -10.4. The first-order valence-electron chi connectivity index (χ1n) is 6.25. The van der Waals surface area contributed by atoms with Crippen LogP contribution in [-0.4, -0.2) is 0 Å². The van der Waals surface area contributed by atoms with E-state index in [2.05, 4.69) is 0 Å². The third-order valence-electron chi connectivity index (χ3n) is 3.16. The van der Waals surface area contributed by atoms with Crippen molar-refractivity contribution in [1.29, 1.82) is 0 Å². The molecular formula is C15H7ClF8. The zero-order valence-corrected chi connectivity index (χ0v) is 12.2. The predicted molar refractivity (Wildman–Crippen MR) is 70.9 cm³/mol. The molecule has 130 valence electrons. The van der Waals surface area contributed by atoms with Crippen LogP contribution >= 0.6 is 11.6 Å². The number of halogens is 9. The molecule has 0 bridgehead atoms. The lowest BCUT2D eigenvalue weighted by Crippen LogP contribution is -2.19. The Morgan fingerprint density at radius 1 is 0.542 bits per heavy atom. The van der Waals surface area contributed by atoms with Gasteiger partial charge in [-0.3, -0.25) is 0 Å². The van der Waals surface area contributed by atoms with Gasteiger partial charge in [0.25, 0.3) is 5.92 Å². The van der Waals surface area contributed by atoms with Crippen molar-refractivity contribution in [1.82, 2.24) is 0 Å². The largest absolute Gasteiger partial charge is 0.416 e. The van der Waals surface area contributed by atoms with Gasteiger partial charge >= 0.3 is 12.4 Å². The van der Waals surface area contributed by atoms with Gasteiger partial charge in [-0.2, -0.15) is 35.1 Å². The molecule has 0 N–H and O–H groups in total. The van der Waals surface area contributed by atoms with Crippen molar-refractivity contribution < 1.29 is 35.1 Å². The molecule has 0 aliphatic carbocycles. The van der Waals surface area contributed by atoms with E-state index in [1.807, 2.05) is 0 Å². The molecule has 0 nitrogen and oxygen atoms in total. The van der Waals surface area contributed by atoms with E-state index in [9.17, 15) is 35.1 Å². The molecule has 0 atom stereocenters. The maximum Gasteiger partial charge on any atom is 0.416 e. The highest BCUT2D eigenvalue weighted by atomic mass is 35.5. The van der Waals surface area contributed by atoms with Crippen LogP contribution in [0.3, 0.4) is 0 Å². The fourth-order valence-electron chi connectivity index (χ4n) is 1.96. The third kappa shape index (κ3) is 3.80. The minimum Gasteiger partial charge on any atom is -0.196 e. The standard InChI is InChI=1S/C15H7ClF8/c16-12-3-1-8(2-4-12)13(17,18)9-5-10(14(19,20)21)7-11(6-9)15(22,23)24/h1-7H. The fraction of sp³-hybridized carbons (Fsp3) is 0.200. The van der Waals surface area contributed by atoms with Crippen LogP contribution in [0, 0.1) is 0 Å². The first-order chi connectivity index (χ1) is 10.8. The maximum atomic E-state index is 14.4. The van der Waals surface area contributed by atoms with Crippen molar-refractivity contribution >= 4 is 11.6 Å². The van der Waals surface area contributed by atoms with E-state index in [0.29, 0.717) is 0 Å². The van der Waals surface area contributed by atoms with Gasteiger partial charge in [0.05, 0.1) is 11.1 Å². The second-order valence-electron chi connectivity index (χ2n) is 4.88. The Hall–Kier alpha value is -1.83. The van der Waals surface area contributed by atoms with Crippen LogP contribution in [0.1, 0.15) is 22.3 Å². The molecule has 2 rings (SSSR count). The lowest BCUT2D eigenvalue weighted by atomic mass is 9.96. The molecule has 0 heterocycles. The molecule has 0 aliphatic heterocycles. The Labute approximate surface area is 135 Å². The molecule has 2 aromatic rings. The number of alkyl halides is 8. The Morgan fingerprint density at radius 3 is 1.29 bits per heavy atom. The van der Waals surface area contributed by atoms with Gasteiger partial charge in [-0.1, -0.05) is 23.7 Å². The molecular weight excluding hydrogens is 368 g/mol. The van der Waals surface area contributed by atoms with Crippen LogP contribution in [0.4, 0.5) is 35.1 Å². The molecule has 0 aromatic heterocycles. The van der Waals surface area contributed by atoms with Crippen LogP contribution < -0.4 is 0 Å². The fourth-order valence-corrected chi connectivity index (χ4v) is 2.09.